The van der Waals surface area contributed by atoms with Crippen molar-refractivity contribution in [2.75, 3.05) is 14.2 Å². The summed E-state index contributed by atoms with van der Waals surface area (Å²) in [6, 6.07) is 9.27. The molecule has 0 saturated heterocycles. The SMILES string of the molecule is CON=C(C)c1c(OC)nn(-c2ccccc2)c1O. The molecule has 1 N–H and O–H groups in total. The summed E-state index contributed by atoms with van der Waals surface area (Å²) >= 11 is 0. The molecule has 0 amide bonds. The largest absolute Gasteiger partial charge is 0.493 e. The van der Waals surface area contributed by atoms with Crippen molar-refractivity contribution in [2.45, 2.75) is 6.92 Å². The van der Waals surface area contributed by atoms with Gasteiger partial charge in [0.1, 0.15) is 12.7 Å². The fourth-order valence-electron chi connectivity index (χ4n) is 1.78. The summed E-state index contributed by atoms with van der Waals surface area (Å²) < 4.78 is 6.56. The first-order valence-corrected chi connectivity index (χ1v) is 5.68. The maximum absolute atomic E-state index is 10.3. The van der Waals surface area contributed by atoms with Crippen molar-refractivity contribution in [3.05, 3.63) is 35.9 Å². The topological polar surface area (TPSA) is 68.9 Å². The van der Waals surface area contributed by atoms with E-state index in [0.717, 1.165) is 5.69 Å². The quantitative estimate of drug-likeness (QED) is 0.674. The molecule has 0 fully saturated rings. The van der Waals surface area contributed by atoms with E-state index in [1.807, 2.05) is 30.3 Å². The fraction of sp³-hybridized carbons (Fsp3) is 0.231. The van der Waals surface area contributed by atoms with Gasteiger partial charge in [0.25, 0.3) is 0 Å². The Kier molecular flexibility index (Phi) is 3.70. The van der Waals surface area contributed by atoms with Gasteiger partial charge in [-0.15, -0.1) is 5.10 Å². The molecule has 6 nitrogen and oxygen atoms in total. The molecular formula is C13H15N3O3. The third-order valence-corrected chi connectivity index (χ3v) is 2.61. The van der Waals surface area contributed by atoms with Crippen LogP contribution in [0.3, 0.4) is 0 Å². The van der Waals surface area contributed by atoms with Crippen LogP contribution in [0.5, 0.6) is 11.8 Å². The number of aromatic hydroxyl groups is 1. The fourth-order valence-corrected chi connectivity index (χ4v) is 1.78. The lowest BCUT2D eigenvalue weighted by molar-refractivity contribution is 0.213. The predicted molar refractivity (Wildman–Crippen MR) is 71.0 cm³/mol. The normalized spacial score (nSPS) is 11.4. The van der Waals surface area contributed by atoms with E-state index in [9.17, 15) is 5.11 Å². The Bertz CT molecular complexity index is 591. The molecular weight excluding hydrogens is 246 g/mol. The van der Waals surface area contributed by atoms with E-state index in [1.54, 1.807) is 6.92 Å². The van der Waals surface area contributed by atoms with Gasteiger partial charge in [-0.1, -0.05) is 23.4 Å². The molecule has 0 aliphatic heterocycles. The number of aromatic nitrogens is 2. The minimum atomic E-state index is -0.0404. The highest BCUT2D eigenvalue weighted by molar-refractivity contribution is 6.02. The first-order valence-electron chi connectivity index (χ1n) is 5.68. The Morgan fingerprint density at radius 1 is 1.26 bits per heavy atom. The Balaban J connectivity index is 2.58. The van der Waals surface area contributed by atoms with Crippen molar-refractivity contribution in [1.29, 1.82) is 0 Å². The molecule has 0 saturated carbocycles. The van der Waals surface area contributed by atoms with E-state index in [4.69, 9.17) is 9.57 Å². The van der Waals surface area contributed by atoms with Gasteiger partial charge in [-0.3, -0.25) is 0 Å². The molecule has 0 aliphatic carbocycles. The lowest BCUT2D eigenvalue weighted by atomic mass is 10.2. The molecule has 1 heterocycles. The van der Waals surface area contributed by atoms with Gasteiger partial charge in [0.2, 0.25) is 11.8 Å². The highest BCUT2D eigenvalue weighted by Crippen LogP contribution is 2.30. The van der Waals surface area contributed by atoms with Crippen molar-refractivity contribution in [2.24, 2.45) is 5.16 Å². The second kappa shape index (κ2) is 5.43. The number of nitrogens with zero attached hydrogens (tertiary/aromatic N) is 3. The average molecular weight is 261 g/mol. The Morgan fingerprint density at radius 3 is 2.53 bits per heavy atom. The van der Waals surface area contributed by atoms with Gasteiger partial charge >= 0.3 is 0 Å². The van der Waals surface area contributed by atoms with Crippen molar-refractivity contribution in [1.82, 2.24) is 9.78 Å². The number of ether oxygens (including phenoxy) is 1. The van der Waals surface area contributed by atoms with Gasteiger partial charge in [0.05, 0.1) is 18.5 Å². The zero-order valence-electron chi connectivity index (χ0n) is 11.0. The molecule has 2 aromatic rings. The van der Waals surface area contributed by atoms with E-state index in [-0.39, 0.29) is 5.88 Å². The molecule has 0 aliphatic rings. The van der Waals surface area contributed by atoms with Gasteiger partial charge < -0.3 is 14.7 Å². The van der Waals surface area contributed by atoms with Crippen LogP contribution < -0.4 is 4.74 Å². The summed E-state index contributed by atoms with van der Waals surface area (Å²) in [5, 5.41) is 18.3. The zero-order valence-corrected chi connectivity index (χ0v) is 11.0. The molecule has 1 aromatic carbocycles. The Labute approximate surface area is 110 Å². The second-order valence-corrected chi connectivity index (χ2v) is 3.81. The molecule has 1 aromatic heterocycles. The standard InChI is InChI=1S/C13H15N3O3/c1-9(15-19-3)11-12(18-2)14-16(13(11)17)10-7-5-4-6-8-10/h4-8,17H,1-3H3. The Morgan fingerprint density at radius 2 is 1.95 bits per heavy atom. The van der Waals surface area contributed by atoms with E-state index < -0.39 is 0 Å². The number of hydrogen-bond donors (Lipinski definition) is 1. The van der Waals surface area contributed by atoms with Crippen LogP contribution in [0.4, 0.5) is 0 Å². The van der Waals surface area contributed by atoms with Gasteiger partial charge in [0, 0.05) is 0 Å². The van der Waals surface area contributed by atoms with Crippen molar-refractivity contribution < 1.29 is 14.7 Å². The highest BCUT2D eigenvalue weighted by Gasteiger charge is 2.21. The minimum absolute atomic E-state index is 0.0404. The summed E-state index contributed by atoms with van der Waals surface area (Å²) in [6.45, 7) is 1.71. The van der Waals surface area contributed by atoms with E-state index >= 15 is 0 Å². The third-order valence-electron chi connectivity index (χ3n) is 2.61. The second-order valence-electron chi connectivity index (χ2n) is 3.81. The predicted octanol–water partition coefficient (Wildman–Crippen LogP) is 1.96. The van der Waals surface area contributed by atoms with E-state index in [0.29, 0.717) is 17.2 Å². The van der Waals surface area contributed by atoms with E-state index in [1.165, 1.54) is 18.9 Å². The molecule has 0 radical (unpaired) electrons. The first-order chi connectivity index (χ1) is 9.19. The van der Waals surface area contributed by atoms with Crippen molar-refractivity contribution in [3.63, 3.8) is 0 Å². The molecule has 0 spiro atoms. The number of para-hydroxylation sites is 1. The summed E-state index contributed by atoms with van der Waals surface area (Å²) in [4.78, 5) is 4.71. The molecule has 100 valence electrons. The third kappa shape index (κ3) is 2.37. The van der Waals surface area contributed by atoms with Crippen LogP contribution >= 0.6 is 0 Å². The van der Waals surface area contributed by atoms with Crippen LogP contribution in [0.1, 0.15) is 12.5 Å². The molecule has 2 rings (SSSR count). The number of hydrogen-bond acceptors (Lipinski definition) is 5. The van der Waals surface area contributed by atoms with Gasteiger partial charge in [-0.2, -0.15) is 4.68 Å². The molecule has 0 unspecified atom stereocenters. The molecule has 0 atom stereocenters. The zero-order chi connectivity index (χ0) is 13.8. The number of rotatable bonds is 4. The van der Waals surface area contributed by atoms with Crippen LogP contribution in [0.2, 0.25) is 0 Å². The van der Waals surface area contributed by atoms with Crippen molar-refractivity contribution >= 4 is 5.71 Å². The maximum Gasteiger partial charge on any atom is 0.246 e. The van der Waals surface area contributed by atoms with Crippen LogP contribution in [0.25, 0.3) is 5.69 Å². The van der Waals surface area contributed by atoms with Crippen LogP contribution in [-0.4, -0.2) is 34.8 Å². The number of oxime groups is 1. The summed E-state index contributed by atoms with van der Waals surface area (Å²) in [5.74, 6) is 0.251. The average Bonchev–Trinajstić information content (AvgIpc) is 2.77. The maximum atomic E-state index is 10.3. The minimum Gasteiger partial charge on any atom is -0.493 e. The summed E-state index contributed by atoms with van der Waals surface area (Å²) in [6.07, 6.45) is 0. The number of methoxy groups -OCH3 is 1. The van der Waals surface area contributed by atoms with Crippen LogP contribution in [0, 0.1) is 0 Å². The lowest BCUT2D eigenvalue weighted by Crippen LogP contribution is -1.98. The van der Waals surface area contributed by atoms with Gasteiger partial charge in [-0.25, -0.2) is 0 Å². The molecule has 19 heavy (non-hydrogen) atoms. The lowest BCUT2D eigenvalue weighted by Gasteiger charge is -2.02. The monoisotopic (exact) mass is 261 g/mol. The molecule has 0 bridgehead atoms. The van der Waals surface area contributed by atoms with Crippen LogP contribution in [-0.2, 0) is 4.84 Å². The first kappa shape index (κ1) is 12.9. The summed E-state index contributed by atoms with van der Waals surface area (Å²) in [7, 11) is 2.93. The van der Waals surface area contributed by atoms with E-state index in [2.05, 4.69) is 10.3 Å². The van der Waals surface area contributed by atoms with Crippen molar-refractivity contribution in [3.8, 4) is 17.4 Å². The highest BCUT2D eigenvalue weighted by atomic mass is 16.6. The Hall–Kier alpha value is -2.50. The van der Waals surface area contributed by atoms with Gasteiger partial charge in [0.15, 0.2) is 0 Å². The molecule has 6 heteroatoms. The smallest absolute Gasteiger partial charge is 0.246 e. The van der Waals surface area contributed by atoms with Gasteiger partial charge in [-0.05, 0) is 19.1 Å². The number of benzene rings is 1. The van der Waals surface area contributed by atoms with Crippen LogP contribution in [0.15, 0.2) is 35.5 Å². The summed E-state index contributed by atoms with van der Waals surface area (Å²) in [5.41, 5.74) is 1.63.